The van der Waals surface area contributed by atoms with Gasteiger partial charge in [0, 0.05) is 15.1 Å². The first-order chi connectivity index (χ1) is 11.7. The molecular formula is C17H10BrClN4S. The first-order valence-corrected chi connectivity index (χ1v) is 9.10. The zero-order valence-electron chi connectivity index (χ0n) is 12.2. The molecule has 4 nitrogen and oxygen atoms in total. The van der Waals surface area contributed by atoms with Gasteiger partial charge in [-0.1, -0.05) is 69.2 Å². The molecule has 0 fully saturated rings. The molecule has 118 valence electrons. The van der Waals surface area contributed by atoms with E-state index in [1.54, 1.807) is 4.52 Å². The molecule has 2 heterocycles. The lowest BCUT2D eigenvalue weighted by atomic mass is 10.2. The molecule has 0 aliphatic carbocycles. The van der Waals surface area contributed by atoms with Gasteiger partial charge in [0.05, 0.1) is 0 Å². The lowest BCUT2D eigenvalue weighted by Gasteiger charge is -1.99. The van der Waals surface area contributed by atoms with Gasteiger partial charge in [-0.05, 0) is 35.9 Å². The smallest absolute Gasteiger partial charge is 0.182 e. The van der Waals surface area contributed by atoms with Gasteiger partial charge >= 0.3 is 0 Å². The number of hydrogen-bond donors (Lipinski definition) is 0. The van der Waals surface area contributed by atoms with Gasteiger partial charge in [0.1, 0.15) is 5.01 Å². The molecule has 0 amide bonds. The molecular weight excluding hydrogens is 408 g/mol. The molecule has 0 aliphatic heterocycles. The fourth-order valence-electron chi connectivity index (χ4n) is 2.29. The number of halogens is 2. The molecule has 0 N–H and O–H groups in total. The highest BCUT2D eigenvalue weighted by molar-refractivity contribution is 9.10. The zero-order chi connectivity index (χ0) is 16.5. The second kappa shape index (κ2) is 6.47. The molecule has 0 saturated heterocycles. The maximum Gasteiger partial charge on any atom is 0.235 e. The van der Waals surface area contributed by atoms with Crippen molar-refractivity contribution < 1.29 is 0 Å². The van der Waals surface area contributed by atoms with Crippen LogP contribution in [0.5, 0.6) is 0 Å². The van der Waals surface area contributed by atoms with Crippen LogP contribution in [-0.4, -0.2) is 19.8 Å². The van der Waals surface area contributed by atoms with Gasteiger partial charge in [-0.25, -0.2) is 0 Å². The van der Waals surface area contributed by atoms with Gasteiger partial charge in [0.15, 0.2) is 5.82 Å². The highest BCUT2D eigenvalue weighted by Gasteiger charge is 2.14. The summed E-state index contributed by atoms with van der Waals surface area (Å²) in [6.45, 7) is 0. The van der Waals surface area contributed by atoms with Crippen molar-refractivity contribution in [1.29, 1.82) is 0 Å². The lowest BCUT2D eigenvalue weighted by Crippen LogP contribution is -1.91. The number of nitrogens with zero attached hydrogens (tertiary/aromatic N) is 4. The molecule has 0 bridgehead atoms. The minimum atomic E-state index is 0.714. The highest BCUT2D eigenvalue weighted by atomic mass is 79.9. The van der Waals surface area contributed by atoms with Crippen LogP contribution in [0.3, 0.4) is 0 Å². The van der Waals surface area contributed by atoms with E-state index in [9.17, 15) is 0 Å². The molecule has 0 atom stereocenters. The van der Waals surface area contributed by atoms with Crippen LogP contribution in [0.25, 0.3) is 28.5 Å². The number of benzene rings is 2. The van der Waals surface area contributed by atoms with Crippen LogP contribution in [0.2, 0.25) is 5.02 Å². The van der Waals surface area contributed by atoms with Crippen LogP contribution >= 0.6 is 38.9 Å². The number of aromatic nitrogens is 4. The molecule has 2 aromatic carbocycles. The van der Waals surface area contributed by atoms with Crippen molar-refractivity contribution in [3.8, 4) is 11.4 Å². The summed E-state index contributed by atoms with van der Waals surface area (Å²) in [5.74, 6) is 0.719. The Bertz CT molecular complexity index is 1050. The summed E-state index contributed by atoms with van der Waals surface area (Å²) in [5, 5.41) is 14.6. The summed E-state index contributed by atoms with van der Waals surface area (Å²) in [4.78, 5) is 0.756. The van der Waals surface area contributed by atoms with Gasteiger partial charge < -0.3 is 0 Å². The first-order valence-electron chi connectivity index (χ1n) is 7.11. The van der Waals surface area contributed by atoms with Crippen LogP contribution in [0, 0.1) is 0 Å². The fourth-order valence-corrected chi connectivity index (χ4v) is 3.69. The maximum atomic E-state index is 6.00. The number of hydrogen-bond acceptors (Lipinski definition) is 4. The summed E-state index contributed by atoms with van der Waals surface area (Å²) < 4.78 is 2.73. The minimum absolute atomic E-state index is 0.714. The molecule has 0 saturated carbocycles. The van der Waals surface area contributed by atoms with E-state index >= 15 is 0 Å². The largest absolute Gasteiger partial charge is 0.235 e. The Kier molecular flexibility index (Phi) is 4.18. The van der Waals surface area contributed by atoms with Crippen molar-refractivity contribution in [2.24, 2.45) is 0 Å². The third kappa shape index (κ3) is 3.00. The van der Waals surface area contributed by atoms with Gasteiger partial charge in [-0.3, -0.25) is 0 Å². The van der Waals surface area contributed by atoms with E-state index in [1.165, 1.54) is 11.3 Å². The predicted molar refractivity (Wildman–Crippen MR) is 102 cm³/mol. The Morgan fingerprint density at radius 2 is 1.92 bits per heavy atom. The van der Waals surface area contributed by atoms with Crippen LogP contribution in [0.1, 0.15) is 10.6 Å². The van der Waals surface area contributed by atoms with E-state index in [2.05, 4.69) is 31.2 Å². The lowest BCUT2D eigenvalue weighted by molar-refractivity contribution is 0.959. The van der Waals surface area contributed by atoms with Crippen LogP contribution in [0.15, 0.2) is 53.0 Å². The topological polar surface area (TPSA) is 43.1 Å². The molecule has 0 unspecified atom stereocenters. The Morgan fingerprint density at radius 3 is 2.75 bits per heavy atom. The van der Waals surface area contributed by atoms with E-state index in [0.29, 0.717) is 5.02 Å². The first kappa shape index (κ1) is 15.5. The van der Waals surface area contributed by atoms with E-state index in [-0.39, 0.29) is 0 Å². The summed E-state index contributed by atoms with van der Waals surface area (Å²) in [6.07, 6.45) is 3.94. The fraction of sp³-hybridized carbons (Fsp3) is 0. The predicted octanol–water partition coefficient (Wildman–Crippen LogP) is 5.44. The molecule has 2 aromatic heterocycles. The summed E-state index contributed by atoms with van der Waals surface area (Å²) in [7, 11) is 0. The van der Waals surface area contributed by atoms with Crippen molar-refractivity contribution in [3.63, 3.8) is 0 Å². The highest BCUT2D eigenvalue weighted by Crippen LogP contribution is 2.28. The van der Waals surface area contributed by atoms with Gasteiger partial charge in [-0.2, -0.15) is 9.61 Å². The minimum Gasteiger partial charge on any atom is -0.182 e. The molecule has 4 rings (SSSR count). The van der Waals surface area contributed by atoms with Crippen molar-refractivity contribution >= 4 is 56.0 Å². The summed E-state index contributed by atoms with van der Waals surface area (Å²) in [6, 6.07) is 15.6. The van der Waals surface area contributed by atoms with E-state index < -0.39 is 0 Å². The van der Waals surface area contributed by atoms with Gasteiger partial charge in [0.25, 0.3) is 0 Å². The third-order valence-electron chi connectivity index (χ3n) is 3.39. The van der Waals surface area contributed by atoms with Crippen molar-refractivity contribution in [3.05, 3.63) is 68.6 Å². The van der Waals surface area contributed by atoms with Crippen molar-refractivity contribution in [2.75, 3.05) is 0 Å². The SMILES string of the molecule is Clc1cccc(/C=C/c2nn3c(-c4ccccc4Br)nnc3s2)c1. The Morgan fingerprint density at radius 1 is 1.04 bits per heavy atom. The standard InChI is InChI=1S/C17H10BrClN4S/c18-14-7-2-1-6-13(14)16-20-21-17-23(16)22-15(24-17)9-8-11-4-3-5-12(19)10-11/h1-10H/b9-8+. The van der Waals surface area contributed by atoms with Crippen molar-refractivity contribution in [2.45, 2.75) is 0 Å². The van der Waals surface area contributed by atoms with E-state index in [4.69, 9.17) is 11.6 Å². The van der Waals surface area contributed by atoms with Gasteiger partial charge in [0.2, 0.25) is 4.96 Å². The van der Waals surface area contributed by atoms with Crippen LogP contribution in [0.4, 0.5) is 0 Å². The Hall–Kier alpha value is -2.02. The third-order valence-corrected chi connectivity index (χ3v) is 5.18. The molecule has 0 radical (unpaired) electrons. The Labute approximate surface area is 155 Å². The zero-order valence-corrected chi connectivity index (χ0v) is 15.4. The van der Waals surface area contributed by atoms with Gasteiger partial charge in [-0.15, -0.1) is 10.2 Å². The Balaban J connectivity index is 1.71. The summed E-state index contributed by atoms with van der Waals surface area (Å²) in [5.41, 5.74) is 1.99. The molecule has 0 aliphatic rings. The van der Waals surface area contributed by atoms with E-state index in [0.717, 1.165) is 31.4 Å². The van der Waals surface area contributed by atoms with Crippen LogP contribution < -0.4 is 0 Å². The average Bonchev–Trinajstić information content (AvgIpc) is 3.14. The second-order valence-corrected chi connectivity index (χ2v) is 7.30. The maximum absolute atomic E-state index is 6.00. The van der Waals surface area contributed by atoms with E-state index in [1.807, 2.05) is 60.7 Å². The molecule has 4 aromatic rings. The quantitative estimate of drug-likeness (QED) is 0.446. The molecule has 24 heavy (non-hydrogen) atoms. The van der Waals surface area contributed by atoms with Crippen molar-refractivity contribution in [1.82, 2.24) is 19.8 Å². The summed E-state index contributed by atoms with van der Waals surface area (Å²) >= 11 is 11.0. The second-order valence-electron chi connectivity index (χ2n) is 5.03. The molecule has 7 heteroatoms. The van der Waals surface area contributed by atoms with Crippen LogP contribution in [-0.2, 0) is 0 Å². The molecule has 0 spiro atoms. The average molecular weight is 418 g/mol. The number of fused-ring (bicyclic) bond motifs is 1. The monoisotopic (exact) mass is 416 g/mol. The number of rotatable bonds is 3. The normalized spacial score (nSPS) is 11.6.